The van der Waals surface area contributed by atoms with Crippen LogP contribution in [-0.4, -0.2) is 25.0 Å². The van der Waals surface area contributed by atoms with Gasteiger partial charge in [0, 0.05) is 30.6 Å². The molecule has 0 heterocycles. The second-order valence-electron chi connectivity index (χ2n) is 4.35. The van der Waals surface area contributed by atoms with E-state index in [0.29, 0.717) is 24.3 Å². The van der Waals surface area contributed by atoms with Crippen LogP contribution in [-0.2, 0) is 9.53 Å². The van der Waals surface area contributed by atoms with Crippen molar-refractivity contribution in [3.8, 4) is 0 Å². The predicted molar refractivity (Wildman–Crippen MR) is 71.7 cm³/mol. The summed E-state index contributed by atoms with van der Waals surface area (Å²) in [5.41, 5.74) is 0.713. The summed E-state index contributed by atoms with van der Waals surface area (Å²) in [4.78, 5) is 23.2. The fourth-order valence-corrected chi connectivity index (χ4v) is 1.97. The van der Waals surface area contributed by atoms with E-state index in [-0.39, 0.29) is 17.9 Å². The average Bonchev–Trinajstić information content (AvgIpc) is 2.38. The highest BCUT2D eigenvalue weighted by atomic mass is 16.5. The molecule has 1 aromatic rings. The second-order valence-corrected chi connectivity index (χ2v) is 4.35. The molecule has 5 heteroatoms. The summed E-state index contributed by atoms with van der Waals surface area (Å²) in [6, 6.07) is 8.60. The van der Waals surface area contributed by atoms with Gasteiger partial charge in [-0.15, -0.1) is 0 Å². The van der Waals surface area contributed by atoms with E-state index >= 15 is 0 Å². The van der Waals surface area contributed by atoms with Gasteiger partial charge >= 0.3 is 6.03 Å². The van der Waals surface area contributed by atoms with E-state index in [0.717, 1.165) is 0 Å². The van der Waals surface area contributed by atoms with Crippen LogP contribution >= 0.6 is 0 Å². The lowest BCUT2D eigenvalue weighted by atomic mass is 9.99. The molecule has 5 nitrogen and oxygen atoms in total. The number of allylic oxidation sites excluding steroid dienone is 1. The molecule has 0 aromatic heterocycles. The first-order valence-corrected chi connectivity index (χ1v) is 6.07. The van der Waals surface area contributed by atoms with E-state index in [1.807, 2.05) is 18.2 Å². The van der Waals surface area contributed by atoms with E-state index < -0.39 is 0 Å². The number of benzene rings is 1. The molecule has 0 saturated heterocycles. The van der Waals surface area contributed by atoms with Crippen LogP contribution in [0.1, 0.15) is 12.8 Å². The topological polar surface area (TPSA) is 67.4 Å². The number of carbonyl (C=O) groups is 2. The summed E-state index contributed by atoms with van der Waals surface area (Å²) in [5, 5.41) is 5.49. The van der Waals surface area contributed by atoms with Crippen molar-refractivity contribution in [2.24, 2.45) is 0 Å². The molecule has 1 aromatic carbocycles. The highest BCUT2D eigenvalue weighted by Crippen LogP contribution is 2.16. The Bertz CT molecular complexity index is 497. The third-order valence-electron chi connectivity index (χ3n) is 2.85. The number of ketones is 1. The normalized spacial score (nSPS) is 18.5. The van der Waals surface area contributed by atoms with Gasteiger partial charge in [-0.05, 0) is 12.1 Å². The van der Waals surface area contributed by atoms with Crippen molar-refractivity contribution in [2.45, 2.75) is 18.9 Å². The van der Waals surface area contributed by atoms with Crippen molar-refractivity contribution in [1.29, 1.82) is 0 Å². The van der Waals surface area contributed by atoms with E-state index in [4.69, 9.17) is 4.74 Å². The maximum absolute atomic E-state index is 11.8. The van der Waals surface area contributed by atoms with Crippen LogP contribution in [0.2, 0.25) is 0 Å². The zero-order valence-electron chi connectivity index (χ0n) is 10.7. The largest absolute Gasteiger partial charge is 0.501 e. The first-order chi connectivity index (χ1) is 9.17. The molecule has 1 unspecified atom stereocenters. The first-order valence-electron chi connectivity index (χ1n) is 6.07. The highest BCUT2D eigenvalue weighted by molar-refractivity contribution is 5.93. The van der Waals surface area contributed by atoms with Crippen LogP contribution in [0.25, 0.3) is 0 Å². The molecule has 1 aliphatic carbocycles. The summed E-state index contributed by atoms with van der Waals surface area (Å²) in [6.45, 7) is 0. The summed E-state index contributed by atoms with van der Waals surface area (Å²) < 4.78 is 5.06. The van der Waals surface area contributed by atoms with E-state index in [1.54, 1.807) is 12.1 Å². The van der Waals surface area contributed by atoms with E-state index in [2.05, 4.69) is 10.6 Å². The zero-order valence-corrected chi connectivity index (χ0v) is 10.7. The van der Waals surface area contributed by atoms with E-state index in [9.17, 15) is 9.59 Å². The standard InChI is InChI=1S/C14H16N2O3/c1-19-13-8-11(7-12(17)9-13)16-14(18)15-10-5-3-2-4-6-10/h2-6,9,11H,7-8H2,1H3,(H2,15,16,18). The quantitative estimate of drug-likeness (QED) is 0.874. The van der Waals surface area contributed by atoms with Crippen LogP contribution in [0, 0.1) is 0 Å². The fourth-order valence-electron chi connectivity index (χ4n) is 1.97. The van der Waals surface area contributed by atoms with Crippen molar-refractivity contribution in [2.75, 3.05) is 12.4 Å². The third-order valence-corrected chi connectivity index (χ3v) is 2.85. The Kier molecular flexibility index (Phi) is 4.18. The third kappa shape index (κ3) is 3.84. The Morgan fingerprint density at radius 1 is 1.26 bits per heavy atom. The number of para-hydroxylation sites is 1. The zero-order chi connectivity index (χ0) is 13.7. The number of hydrogen-bond donors (Lipinski definition) is 2. The number of carbonyl (C=O) groups excluding carboxylic acids is 2. The Morgan fingerprint density at radius 3 is 2.68 bits per heavy atom. The fraction of sp³-hybridized carbons (Fsp3) is 0.286. The Labute approximate surface area is 111 Å². The van der Waals surface area contributed by atoms with Crippen LogP contribution in [0.15, 0.2) is 42.2 Å². The molecule has 0 fully saturated rings. The molecule has 100 valence electrons. The van der Waals surface area contributed by atoms with Crippen molar-refractivity contribution < 1.29 is 14.3 Å². The second kappa shape index (κ2) is 6.04. The minimum absolute atomic E-state index is 0.0342. The monoisotopic (exact) mass is 260 g/mol. The van der Waals surface area contributed by atoms with Crippen LogP contribution in [0.4, 0.5) is 10.5 Å². The van der Waals surface area contributed by atoms with Crippen LogP contribution < -0.4 is 10.6 Å². The van der Waals surface area contributed by atoms with E-state index in [1.165, 1.54) is 13.2 Å². The summed E-state index contributed by atoms with van der Waals surface area (Å²) in [5.74, 6) is 0.564. The van der Waals surface area contributed by atoms with Gasteiger partial charge < -0.3 is 15.4 Å². The van der Waals surface area contributed by atoms with Gasteiger partial charge in [-0.25, -0.2) is 4.79 Å². The van der Waals surface area contributed by atoms with Crippen molar-refractivity contribution in [3.63, 3.8) is 0 Å². The Hall–Kier alpha value is -2.30. The molecule has 0 saturated carbocycles. The number of anilines is 1. The molecule has 0 radical (unpaired) electrons. The molecule has 1 aliphatic rings. The smallest absolute Gasteiger partial charge is 0.319 e. The molecule has 0 aliphatic heterocycles. The van der Waals surface area contributed by atoms with Crippen LogP contribution in [0.5, 0.6) is 0 Å². The SMILES string of the molecule is COC1=CC(=O)CC(NC(=O)Nc2ccccc2)C1. The maximum atomic E-state index is 11.8. The number of methoxy groups -OCH3 is 1. The number of ether oxygens (including phenoxy) is 1. The lowest BCUT2D eigenvalue weighted by Crippen LogP contribution is -2.40. The molecule has 0 spiro atoms. The van der Waals surface area contributed by atoms with Crippen molar-refractivity contribution in [1.82, 2.24) is 5.32 Å². The Balaban J connectivity index is 1.89. The van der Waals surface area contributed by atoms with Gasteiger partial charge in [0.05, 0.1) is 7.11 Å². The molecule has 2 amide bonds. The van der Waals surface area contributed by atoms with Crippen molar-refractivity contribution in [3.05, 3.63) is 42.2 Å². The number of amides is 2. The summed E-state index contributed by atoms with van der Waals surface area (Å²) >= 11 is 0. The first kappa shape index (κ1) is 13.1. The van der Waals surface area contributed by atoms with Gasteiger partial charge in [-0.2, -0.15) is 0 Å². The lowest BCUT2D eigenvalue weighted by Gasteiger charge is -2.22. The molecule has 19 heavy (non-hydrogen) atoms. The van der Waals surface area contributed by atoms with Crippen molar-refractivity contribution >= 4 is 17.5 Å². The van der Waals surface area contributed by atoms with Gasteiger partial charge in [0.25, 0.3) is 0 Å². The van der Waals surface area contributed by atoms with Gasteiger partial charge in [0.15, 0.2) is 5.78 Å². The number of urea groups is 1. The molecular weight excluding hydrogens is 244 g/mol. The molecule has 0 bridgehead atoms. The summed E-state index contributed by atoms with van der Waals surface area (Å²) in [7, 11) is 1.52. The van der Waals surface area contributed by atoms with Gasteiger partial charge in [-0.1, -0.05) is 18.2 Å². The van der Waals surface area contributed by atoms with Crippen LogP contribution in [0.3, 0.4) is 0 Å². The summed E-state index contributed by atoms with van der Waals surface area (Å²) in [6.07, 6.45) is 2.31. The lowest BCUT2D eigenvalue weighted by molar-refractivity contribution is -0.115. The number of rotatable bonds is 3. The van der Waals surface area contributed by atoms with Gasteiger partial charge in [0.2, 0.25) is 0 Å². The maximum Gasteiger partial charge on any atom is 0.319 e. The molecule has 2 N–H and O–H groups in total. The number of hydrogen-bond acceptors (Lipinski definition) is 3. The molecule has 2 rings (SSSR count). The van der Waals surface area contributed by atoms with Gasteiger partial charge in [-0.3, -0.25) is 4.79 Å². The Morgan fingerprint density at radius 2 is 2.00 bits per heavy atom. The molecule has 1 atom stereocenters. The minimum atomic E-state index is -0.318. The van der Waals surface area contributed by atoms with Gasteiger partial charge in [0.1, 0.15) is 5.76 Å². The average molecular weight is 260 g/mol. The predicted octanol–water partition coefficient (Wildman–Crippen LogP) is 2.07. The number of nitrogens with one attached hydrogen (secondary N) is 2. The highest BCUT2D eigenvalue weighted by Gasteiger charge is 2.22. The minimum Gasteiger partial charge on any atom is -0.501 e. The molecular formula is C14H16N2O3.